The first-order chi connectivity index (χ1) is 14.2. The van der Waals surface area contributed by atoms with Gasteiger partial charge in [-0.1, -0.05) is 19.6 Å². The molecular weight excluding hydrogens is 390 g/mol. The smallest absolute Gasteiger partial charge is 0.246 e. The molecule has 0 aromatic carbocycles. The molecular formula is C22H36F2N4O2. The number of ether oxygens (including phenoxy) is 1. The number of carbonyl (C=O) groups is 1. The van der Waals surface area contributed by atoms with Crippen molar-refractivity contribution in [2.24, 2.45) is 0 Å². The molecule has 0 fully saturated rings. The lowest BCUT2D eigenvalue weighted by atomic mass is 10.1. The van der Waals surface area contributed by atoms with E-state index in [-0.39, 0.29) is 30.0 Å². The highest BCUT2D eigenvalue weighted by Gasteiger charge is 2.18. The first-order valence-electron chi connectivity index (χ1n) is 9.96. The highest BCUT2D eigenvalue weighted by molar-refractivity contribution is 5.92. The fourth-order valence-electron chi connectivity index (χ4n) is 2.44. The first kappa shape index (κ1) is 27.5. The van der Waals surface area contributed by atoms with Gasteiger partial charge in [0, 0.05) is 37.3 Å². The highest BCUT2D eigenvalue weighted by Crippen LogP contribution is 2.21. The lowest BCUT2D eigenvalue weighted by molar-refractivity contribution is -0.117. The number of carbonyl (C=O) groups excluding carboxylic acids is 1. The summed E-state index contributed by atoms with van der Waals surface area (Å²) in [7, 11) is 5.24. The number of pyridine rings is 1. The molecule has 0 aliphatic carbocycles. The average Bonchev–Trinajstić information content (AvgIpc) is 2.72. The minimum Gasteiger partial charge on any atom is -0.481 e. The molecule has 0 saturated heterocycles. The van der Waals surface area contributed by atoms with Gasteiger partial charge < -0.3 is 15.4 Å². The van der Waals surface area contributed by atoms with E-state index in [2.05, 4.69) is 35.2 Å². The van der Waals surface area contributed by atoms with Crippen LogP contribution in [0.4, 0.5) is 8.78 Å². The third-order valence-corrected chi connectivity index (χ3v) is 4.32. The van der Waals surface area contributed by atoms with Crippen molar-refractivity contribution in [2.45, 2.75) is 46.2 Å². The van der Waals surface area contributed by atoms with Gasteiger partial charge in [-0.25, -0.2) is 13.8 Å². The maximum Gasteiger partial charge on any atom is 0.246 e. The lowest BCUT2D eigenvalue weighted by Crippen LogP contribution is -2.33. The quantitative estimate of drug-likeness (QED) is 0.530. The van der Waals surface area contributed by atoms with E-state index in [1.54, 1.807) is 6.92 Å². The highest BCUT2D eigenvalue weighted by atomic mass is 19.1. The predicted molar refractivity (Wildman–Crippen MR) is 118 cm³/mol. The van der Waals surface area contributed by atoms with Crippen molar-refractivity contribution in [1.29, 1.82) is 0 Å². The minimum atomic E-state index is -0.611. The van der Waals surface area contributed by atoms with Crippen LogP contribution < -0.4 is 15.4 Å². The molecule has 8 heteroatoms. The second-order valence-corrected chi connectivity index (χ2v) is 6.84. The predicted octanol–water partition coefficient (Wildman–Crippen LogP) is 3.52. The Morgan fingerprint density at radius 2 is 2.13 bits per heavy atom. The van der Waals surface area contributed by atoms with Crippen LogP contribution in [-0.2, 0) is 11.3 Å². The maximum atomic E-state index is 13.7. The van der Waals surface area contributed by atoms with E-state index >= 15 is 0 Å². The summed E-state index contributed by atoms with van der Waals surface area (Å²) < 4.78 is 31.0. The van der Waals surface area contributed by atoms with Crippen molar-refractivity contribution >= 4 is 5.91 Å². The Kier molecular flexibility index (Phi) is 14.1. The van der Waals surface area contributed by atoms with Gasteiger partial charge in [0.15, 0.2) is 0 Å². The molecule has 1 aromatic rings. The number of allylic oxidation sites excluding steroid dienone is 1. The third kappa shape index (κ3) is 10.3. The maximum absolute atomic E-state index is 13.7. The van der Waals surface area contributed by atoms with Crippen molar-refractivity contribution in [3.8, 4) is 5.88 Å². The first-order valence-corrected chi connectivity index (χ1v) is 9.96. The van der Waals surface area contributed by atoms with Crippen LogP contribution in [0.1, 0.15) is 37.9 Å². The van der Waals surface area contributed by atoms with Gasteiger partial charge in [0.25, 0.3) is 0 Å². The van der Waals surface area contributed by atoms with Gasteiger partial charge in [0.2, 0.25) is 11.8 Å². The fourth-order valence-corrected chi connectivity index (χ4v) is 2.44. The number of nitrogens with zero attached hydrogens (tertiary/aromatic N) is 2. The monoisotopic (exact) mass is 426 g/mol. The summed E-state index contributed by atoms with van der Waals surface area (Å²) in [6, 6.07) is 1.38. The lowest BCUT2D eigenvalue weighted by Gasteiger charge is -2.26. The van der Waals surface area contributed by atoms with Gasteiger partial charge in [0.05, 0.1) is 12.8 Å². The zero-order valence-corrected chi connectivity index (χ0v) is 19.0. The summed E-state index contributed by atoms with van der Waals surface area (Å²) in [5, 5.41) is 5.33. The van der Waals surface area contributed by atoms with Gasteiger partial charge in [0.1, 0.15) is 12.5 Å². The van der Waals surface area contributed by atoms with Crippen LogP contribution in [0.5, 0.6) is 5.88 Å². The molecule has 1 rings (SSSR count). The number of aryl methyl sites for hydroxylation is 1. The summed E-state index contributed by atoms with van der Waals surface area (Å²) in [5.74, 6) is -0.358. The van der Waals surface area contributed by atoms with E-state index in [0.717, 1.165) is 6.42 Å². The normalized spacial score (nSPS) is 11.6. The summed E-state index contributed by atoms with van der Waals surface area (Å²) in [5.41, 5.74) is 1.29. The van der Waals surface area contributed by atoms with Crippen LogP contribution >= 0.6 is 0 Å². The fraction of sp³-hybridized carbons (Fsp3) is 0.545. The second kappa shape index (κ2) is 15.4. The number of rotatable bonds is 11. The molecule has 1 aromatic heterocycles. The SMILES string of the molecule is C=C(CC(C)N(C)Cc1cc(F)c(C)nc1OC)C(=O)NCCF.CC/C=C\NC. The summed E-state index contributed by atoms with van der Waals surface area (Å²) in [6.45, 7) is 9.13. The van der Waals surface area contributed by atoms with Crippen LogP contribution in [0, 0.1) is 12.7 Å². The van der Waals surface area contributed by atoms with E-state index in [4.69, 9.17) is 4.74 Å². The zero-order valence-electron chi connectivity index (χ0n) is 19.0. The molecule has 1 atom stereocenters. The molecule has 170 valence electrons. The number of alkyl halides is 1. The van der Waals surface area contributed by atoms with Crippen molar-refractivity contribution < 1.29 is 18.3 Å². The number of aromatic nitrogens is 1. The average molecular weight is 427 g/mol. The molecule has 0 saturated carbocycles. The van der Waals surface area contributed by atoms with Crippen molar-refractivity contribution in [3.05, 3.63) is 47.6 Å². The van der Waals surface area contributed by atoms with Crippen LogP contribution in [0.25, 0.3) is 0 Å². The largest absolute Gasteiger partial charge is 0.481 e. The molecule has 30 heavy (non-hydrogen) atoms. The number of hydrogen-bond donors (Lipinski definition) is 2. The van der Waals surface area contributed by atoms with E-state index < -0.39 is 6.67 Å². The Labute approximate surface area is 179 Å². The van der Waals surface area contributed by atoms with E-state index in [9.17, 15) is 13.6 Å². The van der Waals surface area contributed by atoms with Gasteiger partial charge in [-0.3, -0.25) is 9.69 Å². The van der Waals surface area contributed by atoms with Crippen LogP contribution in [0.3, 0.4) is 0 Å². The van der Waals surface area contributed by atoms with E-state index in [1.165, 1.54) is 13.2 Å². The molecule has 0 aliphatic heterocycles. The number of halogens is 2. The Balaban J connectivity index is 0.00000122. The van der Waals surface area contributed by atoms with Crippen molar-refractivity contribution in [1.82, 2.24) is 20.5 Å². The molecule has 1 amide bonds. The Morgan fingerprint density at radius 1 is 1.47 bits per heavy atom. The van der Waals surface area contributed by atoms with Crippen LogP contribution in [0.15, 0.2) is 30.5 Å². The molecule has 1 unspecified atom stereocenters. The molecule has 1 heterocycles. The van der Waals surface area contributed by atoms with Crippen molar-refractivity contribution in [3.63, 3.8) is 0 Å². The van der Waals surface area contributed by atoms with Crippen molar-refractivity contribution in [2.75, 3.05) is 34.4 Å². The molecule has 0 bridgehead atoms. The molecule has 0 aliphatic rings. The van der Waals surface area contributed by atoms with Gasteiger partial charge in [-0.05, 0) is 46.0 Å². The number of methoxy groups -OCH3 is 1. The molecule has 6 nitrogen and oxygen atoms in total. The van der Waals surface area contributed by atoms with E-state index in [0.29, 0.717) is 30.0 Å². The Bertz CT molecular complexity index is 690. The molecule has 2 N–H and O–H groups in total. The number of hydrogen-bond acceptors (Lipinski definition) is 5. The van der Waals surface area contributed by atoms with Crippen LogP contribution in [0.2, 0.25) is 0 Å². The van der Waals surface area contributed by atoms with Gasteiger partial charge in [-0.15, -0.1) is 0 Å². The van der Waals surface area contributed by atoms with Gasteiger partial charge in [-0.2, -0.15) is 0 Å². The molecule has 0 radical (unpaired) electrons. The summed E-state index contributed by atoms with van der Waals surface area (Å²) in [6.07, 6.45) is 5.53. The number of nitrogens with one attached hydrogen (secondary N) is 2. The topological polar surface area (TPSA) is 66.5 Å². The van der Waals surface area contributed by atoms with E-state index in [1.807, 2.05) is 32.1 Å². The number of amides is 1. The van der Waals surface area contributed by atoms with Crippen LogP contribution in [-0.4, -0.2) is 56.3 Å². The second-order valence-electron chi connectivity index (χ2n) is 6.84. The Morgan fingerprint density at radius 3 is 2.63 bits per heavy atom. The Hall–Kier alpha value is -2.48. The standard InChI is InChI=1S/C17H25F2N3O2.C5H11N/c1-11(16(23)20-7-6-18)8-12(2)22(4)10-14-9-15(19)13(3)21-17(14)24-5;1-3-4-5-6-2/h9,12H,1,6-8,10H2,2-5H3,(H,20,23);4-6H,3H2,1-2H3/b;5-4-. The molecule has 0 spiro atoms. The summed E-state index contributed by atoms with van der Waals surface area (Å²) >= 11 is 0. The summed E-state index contributed by atoms with van der Waals surface area (Å²) in [4.78, 5) is 17.8. The zero-order chi connectivity index (χ0) is 23.1. The minimum absolute atomic E-state index is 0.0203. The third-order valence-electron chi connectivity index (χ3n) is 4.32. The van der Waals surface area contributed by atoms with Gasteiger partial charge >= 0.3 is 0 Å².